The Bertz CT molecular complexity index is 648. The van der Waals surface area contributed by atoms with Gasteiger partial charge in [0, 0.05) is 5.56 Å². The molecule has 1 aliphatic rings. The molecule has 116 valence electrons. The van der Waals surface area contributed by atoms with Gasteiger partial charge in [-0.1, -0.05) is 5.16 Å². The molecule has 0 amide bonds. The third-order valence-corrected chi connectivity index (χ3v) is 3.87. The SMILES string of the molecule is O=C(O)C1CCN(Cc2nc(-c3ccc(F)cc3)no2)CC1. The molecule has 2 aromatic rings. The standard InChI is InChI=1S/C15H16FN3O3/c16-12-3-1-10(2-4-12)14-17-13(22-18-14)9-19-7-5-11(6-8-19)15(20)21/h1-4,11H,5-9H2,(H,20,21). The molecule has 1 aliphatic heterocycles. The summed E-state index contributed by atoms with van der Waals surface area (Å²) < 4.78 is 18.1. The van der Waals surface area contributed by atoms with Crippen molar-refractivity contribution in [1.82, 2.24) is 15.0 Å². The Morgan fingerprint density at radius 1 is 1.32 bits per heavy atom. The first-order chi connectivity index (χ1) is 10.6. The lowest BCUT2D eigenvalue weighted by Gasteiger charge is -2.28. The predicted molar refractivity (Wildman–Crippen MR) is 75.3 cm³/mol. The lowest BCUT2D eigenvalue weighted by Crippen LogP contribution is -2.35. The highest BCUT2D eigenvalue weighted by Crippen LogP contribution is 2.20. The molecule has 1 N–H and O–H groups in total. The fourth-order valence-corrected chi connectivity index (χ4v) is 2.56. The molecule has 0 unspecified atom stereocenters. The molecule has 1 saturated heterocycles. The maximum atomic E-state index is 12.9. The fraction of sp³-hybridized carbons (Fsp3) is 0.400. The van der Waals surface area contributed by atoms with E-state index in [4.69, 9.17) is 9.63 Å². The summed E-state index contributed by atoms with van der Waals surface area (Å²) in [5.41, 5.74) is 0.695. The molecule has 7 heteroatoms. The molecular formula is C15H16FN3O3. The Balaban J connectivity index is 1.60. The van der Waals surface area contributed by atoms with Crippen molar-refractivity contribution >= 4 is 5.97 Å². The van der Waals surface area contributed by atoms with Crippen LogP contribution in [0.2, 0.25) is 0 Å². The minimum Gasteiger partial charge on any atom is -0.481 e. The first-order valence-electron chi connectivity index (χ1n) is 7.15. The molecule has 0 aliphatic carbocycles. The van der Waals surface area contributed by atoms with Gasteiger partial charge in [0.25, 0.3) is 0 Å². The Morgan fingerprint density at radius 3 is 2.64 bits per heavy atom. The highest BCUT2D eigenvalue weighted by molar-refractivity contribution is 5.70. The molecule has 2 heterocycles. The van der Waals surface area contributed by atoms with Crippen LogP contribution in [-0.2, 0) is 11.3 Å². The summed E-state index contributed by atoms with van der Waals surface area (Å²) in [6, 6.07) is 5.90. The number of hydrogen-bond donors (Lipinski definition) is 1. The molecule has 0 bridgehead atoms. The van der Waals surface area contributed by atoms with Crippen molar-refractivity contribution in [2.45, 2.75) is 19.4 Å². The second kappa shape index (κ2) is 6.23. The molecule has 0 radical (unpaired) electrons. The Kier molecular flexibility index (Phi) is 4.15. The minimum absolute atomic E-state index is 0.256. The highest BCUT2D eigenvalue weighted by atomic mass is 19.1. The molecule has 0 spiro atoms. The number of halogens is 1. The van der Waals surface area contributed by atoms with Crippen LogP contribution in [0.15, 0.2) is 28.8 Å². The van der Waals surface area contributed by atoms with Gasteiger partial charge in [0.15, 0.2) is 0 Å². The smallest absolute Gasteiger partial charge is 0.306 e. The van der Waals surface area contributed by atoms with Crippen LogP contribution in [0.4, 0.5) is 4.39 Å². The Labute approximate surface area is 126 Å². The zero-order chi connectivity index (χ0) is 15.5. The number of nitrogens with zero attached hydrogens (tertiary/aromatic N) is 3. The van der Waals surface area contributed by atoms with E-state index < -0.39 is 5.97 Å². The van der Waals surface area contributed by atoms with Gasteiger partial charge in [0.1, 0.15) is 5.82 Å². The minimum atomic E-state index is -0.726. The topological polar surface area (TPSA) is 79.5 Å². The number of carbonyl (C=O) groups is 1. The summed E-state index contributed by atoms with van der Waals surface area (Å²) in [6.07, 6.45) is 1.27. The predicted octanol–water partition coefficient (Wildman–Crippen LogP) is 2.17. The monoisotopic (exact) mass is 305 g/mol. The van der Waals surface area contributed by atoms with E-state index in [1.165, 1.54) is 12.1 Å². The largest absolute Gasteiger partial charge is 0.481 e. The molecule has 0 atom stereocenters. The average Bonchev–Trinajstić information content (AvgIpc) is 2.97. The van der Waals surface area contributed by atoms with E-state index in [-0.39, 0.29) is 11.7 Å². The van der Waals surface area contributed by atoms with Gasteiger partial charge in [-0.05, 0) is 50.2 Å². The second-order valence-electron chi connectivity index (χ2n) is 5.41. The number of benzene rings is 1. The summed E-state index contributed by atoms with van der Waals surface area (Å²) in [5.74, 6) is -0.387. The van der Waals surface area contributed by atoms with Gasteiger partial charge >= 0.3 is 5.97 Å². The van der Waals surface area contributed by atoms with Crippen molar-refractivity contribution in [1.29, 1.82) is 0 Å². The van der Waals surface area contributed by atoms with E-state index in [1.54, 1.807) is 12.1 Å². The number of piperidine rings is 1. The first-order valence-corrected chi connectivity index (χ1v) is 7.15. The van der Waals surface area contributed by atoms with Gasteiger partial charge in [-0.2, -0.15) is 4.98 Å². The third-order valence-electron chi connectivity index (χ3n) is 3.87. The van der Waals surface area contributed by atoms with Gasteiger partial charge in [-0.25, -0.2) is 4.39 Å². The molecule has 22 heavy (non-hydrogen) atoms. The van der Waals surface area contributed by atoms with Crippen LogP contribution in [0.25, 0.3) is 11.4 Å². The maximum Gasteiger partial charge on any atom is 0.306 e. The van der Waals surface area contributed by atoms with Crippen molar-refractivity contribution < 1.29 is 18.8 Å². The van der Waals surface area contributed by atoms with E-state index in [2.05, 4.69) is 15.0 Å². The molecule has 1 aromatic carbocycles. The first kappa shape index (κ1) is 14.6. The number of aromatic nitrogens is 2. The number of hydrogen-bond acceptors (Lipinski definition) is 5. The summed E-state index contributed by atoms with van der Waals surface area (Å²) >= 11 is 0. The zero-order valence-electron chi connectivity index (χ0n) is 11.9. The van der Waals surface area contributed by atoms with Gasteiger partial charge in [0.05, 0.1) is 12.5 Å². The van der Waals surface area contributed by atoms with Crippen LogP contribution in [0.3, 0.4) is 0 Å². The average molecular weight is 305 g/mol. The van der Waals surface area contributed by atoms with Crippen molar-refractivity contribution in [3.8, 4) is 11.4 Å². The molecule has 1 aromatic heterocycles. The van der Waals surface area contributed by atoms with Crippen LogP contribution in [-0.4, -0.2) is 39.2 Å². The summed E-state index contributed by atoms with van der Waals surface area (Å²) in [4.78, 5) is 17.3. The van der Waals surface area contributed by atoms with E-state index in [1.807, 2.05) is 0 Å². The summed E-state index contributed by atoms with van der Waals surface area (Å²) in [5, 5.41) is 12.9. The number of aliphatic carboxylic acids is 1. The van der Waals surface area contributed by atoms with Gasteiger partial charge in [-0.3, -0.25) is 9.69 Å². The van der Waals surface area contributed by atoms with Gasteiger partial charge < -0.3 is 9.63 Å². The summed E-state index contributed by atoms with van der Waals surface area (Å²) in [6.45, 7) is 1.90. The van der Waals surface area contributed by atoms with Gasteiger partial charge in [-0.15, -0.1) is 0 Å². The molecule has 3 rings (SSSR count). The van der Waals surface area contributed by atoms with Crippen molar-refractivity contribution in [2.24, 2.45) is 5.92 Å². The maximum absolute atomic E-state index is 12.9. The van der Waals surface area contributed by atoms with Crippen LogP contribution in [0.1, 0.15) is 18.7 Å². The molecular weight excluding hydrogens is 289 g/mol. The van der Waals surface area contributed by atoms with Crippen LogP contribution >= 0.6 is 0 Å². The van der Waals surface area contributed by atoms with E-state index in [9.17, 15) is 9.18 Å². The van der Waals surface area contributed by atoms with Crippen LogP contribution < -0.4 is 0 Å². The number of rotatable bonds is 4. The quantitative estimate of drug-likeness (QED) is 0.932. The van der Waals surface area contributed by atoms with Crippen LogP contribution in [0, 0.1) is 11.7 Å². The Hall–Kier alpha value is -2.28. The lowest BCUT2D eigenvalue weighted by atomic mass is 9.97. The van der Waals surface area contributed by atoms with E-state index >= 15 is 0 Å². The third kappa shape index (κ3) is 3.30. The normalized spacial score (nSPS) is 16.8. The zero-order valence-corrected chi connectivity index (χ0v) is 11.9. The van der Waals surface area contributed by atoms with E-state index in [0.717, 1.165) is 0 Å². The molecule has 1 fully saturated rings. The number of carboxylic acids is 1. The summed E-state index contributed by atoms with van der Waals surface area (Å²) in [7, 11) is 0. The van der Waals surface area contributed by atoms with Crippen molar-refractivity contribution in [3.63, 3.8) is 0 Å². The second-order valence-corrected chi connectivity index (χ2v) is 5.41. The fourth-order valence-electron chi connectivity index (χ4n) is 2.56. The van der Waals surface area contributed by atoms with Crippen molar-refractivity contribution in [2.75, 3.05) is 13.1 Å². The van der Waals surface area contributed by atoms with Crippen molar-refractivity contribution in [3.05, 3.63) is 36.0 Å². The van der Waals surface area contributed by atoms with Gasteiger partial charge in [0.2, 0.25) is 11.7 Å². The molecule has 0 saturated carbocycles. The highest BCUT2D eigenvalue weighted by Gasteiger charge is 2.25. The number of carboxylic acid groups (broad SMARTS) is 1. The van der Waals surface area contributed by atoms with E-state index in [0.29, 0.717) is 49.8 Å². The number of likely N-dealkylation sites (tertiary alicyclic amines) is 1. The lowest BCUT2D eigenvalue weighted by molar-refractivity contribution is -0.143. The molecule has 6 nitrogen and oxygen atoms in total. The van der Waals surface area contributed by atoms with Crippen LogP contribution in [0.5, 0.6) is 0 Å². The Morgan fingerprint density at radius 2 is 2.00 bits per heavy atom.